The Morgan fingerprint density at radius 1 is 1.09 bits per heavy atom. The van der Waals surface area contributed by atoms with Gasteiger partial charge in [0.15, 0.2) is 0 Å². The van der Waals surface area contributed by atoms with E-state index in [2.05, 4.69) is 46.3 Å². The molecule has 3 aromatic rings. The molecule has 2 amide bonds. The Balaban J connectivity index is 1.47. The van der Waals surface area contributed by atoms with Gasteiger partial charge in [0.2, 0.25) is 0 Å². The van der Waals surface area contributed by atoms with Gasteiger partial charge in [-0.3, -0.25) is 0 Å². The Hall–Kier alpha value is -3.40. The highest BCUT2D eigenvalue weighted by molar-refractivity contribution is 6.31. The van der Waals surface area contributed by atoms with E-state index in [-0.39, 0.29) is 17.0 Å². The molecule has 1 saturated heterocycles. The molecule has 4 rings (SSSR count). The second-order valence-electron chi connectivity index (χ2n) is 8.47. The van der Waals surface area contributed by atoms with Gasteiger partial charge in [0, 0.05) is 18.2 Å². The second-order valence-corrected chi connectivity index (χ2v) is 8.88. The van der Waals surface area contributed by atoms with Crippen LogP contribution in [-0.4, -0.2) is 25.7 Å². The third-order valence-electron chi connectivity index (χ3n) is 6.28. The van der Waals surface area contributed by atoms with Gasteiger partial charge >= 0.3 is 6.03 Å². The summed E-state index contributed by atoms with van der Waals surface area (Å²) in [7, 11) is 0. The fourth-order valence-corrected chi connectivity index (χ4v) is 4.63. The quantitative estimate of drug-likeness (QED) is 0.413. The Kier molecular flexibility index (Phi) is 7.79. The van der Waals surface area contributed by atoms with Crippen LogP contribution in [0.2, 0.25) is 5.02 Å². The number of hydrogen-bond donors (Lipinski definition) is 3. The summed E-state index contributed by atoms with van der Waals surface area (Å²) in [5.74, 6) is 0.0696. The molecule has 34 heavy (non-hydrogen) atoms. The minimum absolute atomic E-state index is 0.0363. The fourth-order valence-electron chi connectivity index (χ4n) is 4.45. The van der Waals surface area contributed by atoms with Gasteiger partial charge in [-0.25, -0.2) is 9.18 Å². The summed E-state index contributed by atoms with van der Waals surface area (Å²) in [6, 6.07) is 21.8. The van der Waals surface area contributed by atoms with E-state index >= 15 is 0 Å². The summed E-state index contributed by atoms with van der Waals surface area (Å²) >= 11 is 5.81. The molecule has 0 aliphatic carbocycles. The standard InChI is InChI=1S/C27H26ClFN4O/c28-25-15-23(8-9-26(25)29)33-27(34)32-17-24(21-10-12-31-13-11-21)20-6-4-19(5-7-20)22-3-1-2-18(14-22)16-30/h1-9,14-15,21,24,31H,10-13,17H2,(H2,32,33,34). The third kappa shape index (κ3) is 5.93. The Morgan fingerprint density at radius 2 is 1.85 bits per heavy atom. The molecule has 3 N–H and O–H groups in total. The minimum atomic E-state index is -0.526. The number of amides is 2. The van der Waals surface area contributed by atoms with Crippen LogP contribution in [0.25, 0.3) is 11.1 Å². The maximum absolute atomic E-state index is 13.4. The molecule has 1 aliphatic heterocycles. The molecule has 3 aromatic carbocycles. The fraction of sp³-hybridized carbons (Fsp3) is 0.259. The first-order valence-corrected chi connectivity index (χ1v) is 11.7. The molecular weight excluding hydrogens is 451 g/mol. The first-order chi connectivity index (χ1) is 16.5. The average Bonchev–Trinajstić information content (AvgIpc) is 2.87. The highest BCUT2D eigenvalue weighted by Gasteiger charge is 2.25. The van der Waals surface area contributed by atoms with Crippen LogP contribution in [-0.2, 0) is 0 Å². The van der Waals surface area contributed by atoms with Crippen molar-refractivity contribution in [3.8, 4) is 17.2 Å². The number of nitrogens with zero attached hydrogens (tertiary/aromatic N) is 1. The van der Waals surface area contributed by atoms with Gasteiger partial charge in [0.1, 0.15) is 5.82 Å². The van der Waals surface area contributed by atoms with Crippen LogP contribution < -0.4 is 16.0 Å². The lowest BCUT2D eigenvalue weighted by atomic mass is 9.80. The van der Waals surface area contributed by atoms with Crippen molar-refractivity contribution in [3.63, 3.8) is 0 Å². The third-order valence-corrected chi connectivity index (χ3v) is 6.57. The van der Waals surface area contributed by atoms with Gasteiger partial charge in [0.05, 0.1) is 16.7 Å². The summed E-state index contributed by atoms with van der Waals surface area (Å²) in [5, 5.41) is 18.2. The molecular formula is C27H26ClFN4O. The maximum atomic E-state index is 13.4. The lowest BCUT2D eigenvalue weighted by Gasteiger charge is -2.31. The number of benzene rings is 3. The van der Waals surface area contributed by atoms with Crippen molar-refractivity contribution in [1.29, 1.82) is 5.26 Å². The van der Waals surface area contributed by atoms with Crippen LogP contribution in [0.5, 0.6) is 0 Å². The zero-order valence-electron chi connectivity index (χ0n) is 18.7. The van der Waals surface area contributed by atoms with Crippen molar-refractivity contribution in [2.75, 3.05) is 25.0 Å². The molecule has 0 radical (unpaired) electrons. The van der Waals surface area contributed by atoms with E-state index in [4.69, 9.17) is 11.6 Å². The van der Waals surface area contributed by atoms with E-state index in [1.807, 2.05) is 18.2 Å². The molecule has 1 unspecified atom stereocenters. The largest absolute Gasteiger partial charge is 0.337 e. The van der Waals surface area contributed by atoms with E-state index in [0.717, 1.165) is 42.6 Å². The molecule has 0 bridgehead atoms. The normalized spacial score (nSPS) is 14.7. The van der Waals surface area contributed by atoms with Gasteiger partial charge < -0.3 is 16.0 Å². The molecule has 7 heteroatoms. The van der Waals surface area contributed by atoms with Crippen molar-refractivity contribution >= 4 is 23.3 Å². The molecule has 1 fully saturated rings. The number of hydrogen-bond acceptors (Lipinski definition) is 3. The summed E-state index contributed by atoms with van der Waals surface area (Å²) in [6.45, 7) is 2.40. The van der Waals surface area contributed by atoms with Crippen LogP contribution in [0.1, 0.15) is 29.9 Å². The zero-order chi connectivity index (χ0) is 23.9. The van der Waals surface area contributed by atoms with Crippen LogP contribution in [0.4, 0.5) is 14.9 Å². The minimum Gasteiger partial charge on any atom is -0.337 e. The van der Waals surface area contributed by atoms with E-state index in [0.29, 0.717) is 23.7 Å². The van der Waals surface area contributed by atoms with Gasteiger partial charge in [-0.05, 0) is 78.9 Å². The molecule has 5 nitrogen and oxygen atoms in total. The van der Waals surface area contributed by atoms with Crippen molar-refractivity contribution in [2.24, 2.45) is 5.92 Å². The maximum Gasteiger partial charge on any atom is 0.319 e. The number of nitrogens with one attached hydrogen (secondary N) is 3. The number of carbonyl (C=O) groups is 1. The number of urea groups is 1. The predicted molar refractivity (Wildman–Crippen MR) is 133 cm³/mol. The Bertz CT molecular complexity index is 1190. The topological polar surface area (TPSA) is 77.0 Å². The zero-order valence-corrected chi connectivity index (χ0v) is 19.4. The van der Waals surface area contributed by atoms with Gasteiger partial charge in [-0.15, -0.1) is 0 Å². The Morgan fingerprint density at radius 3 is 2.56 bits per heavy atom. The number of anilines is 1. The summed E-state index contributed by atoms with van der Waals surface area (Å²) in [4.78, 5) is 12.5. The van der Waals surface area contributed by atoms with Gasteiger partial charge in [-0.1, -0.05) is 48.0 Å². The summed E-state index contributed by atoms with van der Waals surface area (Å²) < 4.78 is 13.4. The van der Waals surface area contributed by atoms with Crippen molar-refractivity contribution < 1.29 is 9.18 Å². The van der Waals surface area contributed by atoms with Crippen molar-refractivity contribution in [2.45, 2.75) is 18.8 Å². The number of piperidine rings is 1. The predicted octanol–water partition coefficient (Wildman–Crippen LogP) is 5.92. The smallest absolute Gasteiger partial charge is 0.319 e. The number of nitriles is 1. The van der Waals surface area contributed by atoms with Crippen LogP contribution in [0, 0.1) is 23.1 Å². The van der Waals surface area contributed by atoms with Gasteiger partial charge in [-0.2, -0.15) is 5.26 Å². The molecule has 0 saturated carbocycles. The SMILES string of the molecule is N#Cc1cccc(-c2ccc(C(CNC(=O)Nc3ccc(F)c(Cl)c3)C3CCNCC3)cc2)c1. The van der Waals surface area contributed by atoms with Crippen LogP contribution in [0.15, 0.2) is 66.7 Å². The molecule has 0 aromatic heterocycles. The molecule has 1 heterocycles. The average molecular weight is 477 g/mol. The van der Waals surface area contributed by atoms with Gasteiger partial charge in [0.25, 0.3) is 0 Å². The van der Waals surface area contributed by atoms with Crippen molar-refractivity contribution in [3.05, 3.63) is 88.7 Å². The first-order valence-electron chi connectivity index (χ1n) is 11.3. The van der Waals surface area contributed by atoms with Crippen molar-refractivity contribution in [1.82, 2.24) is 10.6 Å². The highest BCUT2D eigenvalue weighted by Crippen LogP contribution is 2.32. The lowest BCUT2D eigenvalue weighted by Crippen LogP contribution is -2.38. The highest BCUT2D eigenvalue weighted by atomic mass is 35.5. The monoisotopic (exact) mass is 476 g/mol. The summed E-state index contributed by atoms with van der Waals surface area (Å²) in [6.07, 6.45) is 2.07. The molecule has 1 atom stereocenters. The van der Waals surface area contributed by atoms with E-state index in [1.165, 1.54) is 18.2 Å². The van der Waals surface area contributed by atoms with E-state index in [1.54, 1.807) is 6.07 Å². The number of halogens is 2. The van der Waals surface area contributed by atoms with Crippen LogP contribution >= 0.6 is 11.6 Å². The Labute approximate surface area is 203 Å². The number of rotatable bonds is 6. The second kappa shape index (κ2) is 11.1. The van der Waals surface area contributed by atoms with E-state index < -0.39 is 5.82 Å². The summed E-state index contributed by atoms with van der Waals surface area (Å²) in [5.41, 5.74) is 4.28. The molecule has 0 spiro atoms. The van der Waals surface area contributed by atoms with E-state index in [9.17, 15) is 14.4 Å². The van der Waals surface area contributed by atoms with Crippen LogP contribution in [0.3, 0.4) is 0 Å². The lowest BCUT2D eigenvalue weighted by molar-refractivity contribution is 0.247. The molecule has 174 valence electrons. The number of carbonyl (C=O) groups excluding carboxylic acids is 1. The first kappa shape index (κ1) is 23.7. The molecule has 1 aliphatic rings.